The number of methoxy groups -OCH3 is 1. The van der Waals surface area contributed by atoms with Crippen molar-refractivity contribution in [2.45, 2.75) is 19.3 Å². The molecule has 1 aliphatic rings. The smallest absolute Gasteiger partial charge is 0.310 e. The van der Waals surface area contributed by atoms with Gasteiger partial charge in [-0.05, 0) is 31.0 Å². The van der Waals surface area contributed by atoms with Crippen LogP contribution in [0.25, 0.3) is 0 Å². The van der Waals surface area contributed by atoms with Gasteiger partial charge in [-0.1, -0.05) is 12.1 Å². The molecule has 1 aliphatic heterocycles. The van der Waals surface area contributed by atoms with E-state index in [2.05, 4.69) is 0 Å². The molecule has 0 aliphatic carbocycles. The standard InChI is InChI=1S/C15H20N2O3/c1-10(11-4-3-5-13(16)8-11)14(18)17-7-6-12(9-17)15(19)20-2/h3-5,8,10,12H,6-7,9,16H2,1-2H3. The first-order valence-electron chi connectivity index (χ1n) is 6.75. The highest BCUT2D eigenvalue weighted by atomic mass is 16.5. The minimum atomic E-state index is -0.255. The molecular formula is C15H20N2O3. The van der Waals surface area contributed by atoms with Gasteiger partial charge in [0, 0.05) is 18.8 Å². The molecule has 2 rings (SSSR count). The van der Waals surface area contributed by atoms with Crippen LogP contribution in [0.4, 0.5) is 5.69 Å². The van der Waals surface area contributed by atoms with E-state index in [1.54, 1.807) is 11.0 Å². The van der Waals surface area contributed by atoms with E-state index in [1.165, 1.54) is 7.11 Å². The maximum absolute atomic E-state index is 12.4. The number of carbonyl (C=O) groups excluding carboxylic acids is 2. The number of nitrogens with zero attached hydrogens (tertiary/aromatic N) is 1. The summed E-state index contributed by atoms with van der Waals surface area (Å²) < 4.78 is 4.73. The number of nitrogen functional groups attached to an aromatic ring is 1. The Morgan fingerprint density at radius 2 is 2.20 bits per heavy atom. The van der Waals surface area contributed by atoms with Gasteiger partial charge in [-0.15, -0.1) is 0 Å². The van der Waals surface area contributed by atoms with Crippen LogP contribution in [-0.4, -0.2) is 37.0 Å². The van der Waals surface area contributed by atoms with E-state index < -0.39 is 0 Å². The molecule has 1 aromatic carbocycles. The third-order valence-electron chi connectivity index (χ3n) is 3.82. The molecule has 2 N–H and O–H groups in total. The lowest BCUT2D eigenvalue weighted by Gasteiger charge is -2.21. The molecule has 2 atom stereocenters. The molecule has 2 unspecified atom stereocenters. The monoisotopic (exact) mass is 276 g/mol. The second-order valence-corrected chi connectivity index (χ2v) is 5.18. The highest BCUT2D eigenvalue weighted by Gasteiger charge is 2.33. The first-order valence-corrected chi connectivity index (χ1v) is 6.75. The Bertz CT molecular complexity index is 516. The summed E-state index contributed by atoms with van der Waals surface area (Å²) in [4.78, 5) is 25.7. The predicted molar refractivity (Wildman–Crippen MR) is 76.0 cm³/mol. The largest absolute Gasteiger partial charge is 0.469 e. The second kappa shape index (κ2) is 5.94. The summed E-state index contributed by atoms with van der Waals surface area (Å²) in [6, 6.07) is 7.35. The summed E-state index contributed by atoms with van der Waals surface area (Å²) in [5.41, 5.74) is 7.29. The first-order chi connectivity index (χ1) is 9.52. The van der Waals surface area contributed by atoms with E-state index >= 15 is 0 Å². The van der Waals surface area contributed by atoms with Crippen LogP contribution in [-0.2, 0) is 14.3 Å². The van der Waals surface area contributed by atoms with Gasteiger partial charge in [0.05, 0.1) is 18.9 Å². The summed E-state index contributed by atoms with van der Waals surface area (Å²) in [6.07, 6.45) is 0.669. The van der Waals surface area contributed by atoms with E-state index in [0.717, 1.165) is 5.56 Å². The topological polar surface area (TPSA) is 72.6 Å². The number of ether oxygens (including phenoxy) is 1. The van der Waals surface area contributed by atoms with E-state index in [9.17, 15) is 9.59 Å². The van der Waals surface area contributed by atoms with Crippen LogP contribution in [0.5, 0.6) is 0 Å². The van der Waals surface area contributed by atoms with Crippen LogP contribution in [0, 0.1) is 5.92 Å². The van der Waals surface area contributed by atoms with Crippen LogP contribution >= 0.6 is 0 Å². The summed E-state index contributed by atoms with van der Waals surface area (Å²) in [5, 5.41) is 0. The van der Waals surface area contributed by atoms with Crippen LogP contribution in [0.3, 0.4) is 0 Å². The summed E-state index contributed by atoms with van der Waals surface area (Å²) in [5.74, 6) is -0.661. The number of hydrogen-bond acceptors (Lipinski definition) is 4. The highest BCUT2D eigenvalue weighted by Crippen LogP contribution is 2.24. The van der Waals surface area contributed by atoms with Gasteiger partial charge in [0.15, 0.2) is 0 Å². The number of nitrogens with two attached hydrogens (primary N) is 1. The maximum atomic E-state index is 12.4. The number of carbonyl (C=O) groups is 2. The Balaban J connectivity index is 2.03. The van der Waals surface area contributed by atoms with Crippen LogP contribution < -0.4 is 5.73 Å². The van der Waals surface area contributed by atoms with E-state index in [-0.39, 0.29) is 23.7 Å². The third kappa shape index (κ3) is 2.92. The van der Waals surface area contributed by atoms with Crippen LogP contribution in [0.1, 0.15) is 24.8 Å². The lowest BCUT2D eigenvalue weighted by Crippen LogP contribution is -2.33. The van der Waals surface area contributed by atoms with E-state index in [4.69, 9.17) is 10.5 Å². The molecule has 0 aromatic heterocycles. The van der Waals surface area contributed by atoms with E-state index in [1.807, 2.05) is 25.1 Å². The van der Waals surface area contributed by atoms with Crippen molar-refractivity contribution in [3.05, 3.63) is 29.8 Å². The third-order valence-corrected chi connectivity index (χ3v) is 3.82. The zero-order valence-electron chi connectivity index (χ0n) is 11.8. The average Bonchev–Trinajstić information content (AvgIpc) is 2.94. The van der Waals surface area contributed by atoms with Gasteiger partial charge in [-0.2, -0.15) is 0 Å². The lowest BCUT2D eigenvalue weighted by atomic mass is 9.99. The molecule has 0 bridgehead atoms. The van der Waals surface area contributed by atoms with Crippen molar-refractivity contribution >= 4 is 17.6 Å². The van der Waals surface area contributed by atoms with Crippen molar-refractivity contribution in [3.63, 3.8) is 0 Å². The number of anilines is 1. The Hall–Kier alpha value is -2.04. The molecule has 20 heavy (non-hydrogen) atoms. The Morgan fingerprint density at radius 1 is 1.45 bits per heavy atom. The molecule has 1 heterocycles. The second-order valence-electron chi connectivity index (χ2n) is 5.18. The van der Waals surface area contributed by atoms with Crippen LogP contribution in [0.2, 0.25) is 0 Å². The number of rotatable bonds is 3. The molecule has 1 saturated heterocycles. The molecule has 0 saturated carbocycles. The van der Waals surface area contributed by atoms with Gasteiger partial charge in [0.25, 0.3) is 0 Å². The Kier molecular flexibility index (Phi) is 4.27. The number of likely N-dealkylation sites (tertiary alicyclic amines) is 1. The van der Waals surface area contributed by atoms with Crippen LogP contribution in [0.15, 0.2) is 24.3 Å². The minimum absolute atomic E-state index is 0.0296. The number of benzene rings is 1. The number of amides is 1. The van der Waals surface area contributed by atoms with Crippen molar-refractivity contribution in [1.82, 2.24) is 4.90 Å². The summed E-state index contributed by atoms with van der Waals surface area (Å²) in [7, 11) is 1.38. The fraction of sp³-hybridized carbons (Fsp3) is 0.467. The highest BCUT2D eigenvalue weighted by molar-refractivity contribution is 5.85. The van der Waals surface area contributed by atoms with Crippen molar-refractivity contribution in [2.24, 2.45) is 5.92 Å². The molecule has 1 aromatic rings. The predicted octanol–water partition coefficient (Wildman–Crippen LogP) is 1.39. The quantitative estimate of drug-likeness (QED) is 0.669. The lowest BCUT2D eigenvalue weighted by molar-refractivity contribution is -0.145. The van der Waals surface area contributed by atoms with Crippen molar-refractivity contribution < 1.29 is 14.3 Å². The SMILES string of the molecule is COC(=O)C1CCN(C(=O)C(C)c2cccc(N)c2)C1. The normalized spacial score (nSPS) is 19.7. The number of esters is 1. The van der Waals surface area contributed by atoms with Gasteiger partial charge in [-0.3, -0.25) is 9.59 Å². The molecule has 0 radical (unpaired) electrons. The van der Waals surface area contributed by atoms with Gasteiger partial charge in [0.1, 0.15) is 0 Å². The molecule has 108 valence electrons. The molecule has 1 fully saturated rings. The summed E-state index contributed by atoms with van der Waals surface area (Å²) in [6.45, 7) is 2.91. The minimum Gasteiger partial charge on any atom is -0.469 e. The van der Waals surface area contributed by atoms with Gasteiger partial charge in [0.2, 0.25) is 5.91 Å². The molecule has 5 heteroatoms. The Morgan fingerprint density at radius 3 is 2.85 bits per heavy atom. The van der Waals surface area contributed by atoms with Gasteiger partial charge < -0.3 is 15.4 Å². The number of hydrogen-bond donors (Lipinski definition) is 1. The summed E-state index contributed by atoms with van der Waals surface area (Å²) >= 11 is 0. The fourth-order valence-corrected chi connectivity index (χ4v) is 2.56. The molecule has 5 nitrogen and oxygen atoms in total. The van der Waals surface area contributed by atoms with Gasteiger partial charge in [-0.25, -0.2) is 0 Å². The van der Waals surface area contributed by atoms with E-state index in [0.29, 0.717) is 25.2 Å². The fourth-order valence-electron chi connectivity index (χ4n) is 2.56. The zero-order chi connectivity index (χ0) is 14.7. The van der Waals surface area contributed by atoms with Gasteiger partial charge >= 0.3 is 5.97 Å². The van der Waals surface area contributed by atoms with Crippen molar-refractivity contribution in [2.75, 3.05) is 25.9 Å². The van der Waals surface area contributed by atoms with Crippen molar-refractivity contribution in [1.29, 1.82) is 0 Å². The maximum Gasteiger partial charge on any atom is 0.310 e. The molecular weight excluding hydrogens is 256 g/mol. The zero-order valence-corrected chi connectivity index (χ0v) is 11.8. The Labute approximate surface area is 118 Å². The molecule has 1 amide bonds. The van der Waals surface area contributed by atoms with Crippen molar-refractivity contribution in [3.8, 4) is 0 Å². The average molecular weight is 276 g/mol. The molecule has 0 spiro atoms. The first kappa shape index (κ1) is 14.4.